The molecule has 0 aromatic carbocycles. The van der Waals surface area contributed by atoms with E-state index in [1.54, 1.807) is 0 Å². The Hall–Kier alpha value is -1.07. The summed E-state index contributed by atoms with van der Waals surface area (Å²) in [4.78, 5) is 14.3. The van der Waals surface area contributed by atoms with Gasteiger partial charge in [0.05, 0.1) is 0 Å². The number of H-pyrrole nitrogens is 1. The first-order valence-corrected chi connectivity index (χ1v) is 6.91. The van der Waals surface area contributed by atoms with Gasteiger partial charge in [-0.25, -0.2) is 0 Å². The molecule has 1 saturated heterocycles. The summed E-state index contributed by atoms with van der Waals surface area (Å²) in [5.41, 5.74) is 7.57. The Bertz CT molecular complexity index is 469. The number of likely N-dealkylation sites (tertiary alicyclic amines) is 1. The van der Waals surface area contributed by atoms with Crippen molar-refractivity contribution >= 4 is 18.3 Å². The molecule has 0 aliphatic carbocycles. The Balaban J connectivity index is 0.00000200. The fourth-order valence-corrected chi connectivity index (χ4v) is 2.45. The normalized spacial score (nSPS) is 21.7. The molecule has 3 N–H and O–H groups in total. The van der Waals surface area contributed by atoms with Crippen LogP contribution in [0.3, 0.4) is 0 Å². The Morgan fingerprint density at radius 2 is 2.20 bits per heavy atom. The number of nitrogens with two attached hydrogens (primary N) is 1. The van der Waals surface area contributed by atoms with Gasteiger partial charge in [0.15, 0.2) is 0 Å². The maximum atomic E-state index is 12.4. The van der Waals surface area contributed by atoms with Crippen molar-refractivity contribution in [3.05, 3.63) is 17.5 Å². The van der Waals surface area contributed by atoms with Crippen molar-refractivity contribution < 1.29 is 4.79 Å². The highest BCUT2D eigenvalue weighted by atomic mass is 35.5. The first-order valence-electron chi connectivity index (χ1n) is 6.91. The number of aromatic nitrogens is 2. The number of carbonyl (C=O) groups is 1. The van der Waals surface area contributed by atoms with Gasteiger partial charge in [0.2, 0.25) is 0 Å². The van der Waals surface area contributed by atoms with Crippen molar-refractivity contribution in [1.82, 2.24) is 15.1 Å². The number of amides is 1. The Morgan fingerprint density at radius 3 is 2.70 bits per heavy atom. The smallest absolute Gasteiger partial charge is 0.274 e. The van der Waals surface area contributed by atoms with E-state index >= 15 is 0 Å². The van der Waals surface area contributed by atoms with Gasteiger partial charge in [0, 0.05) is 24.8 Å². The second-order valence-electron chi connectivity index (χ2n) is 6.47. The van der Waals surface area contributed by atoms with Crippen LogP contribution in [0.25, 0.3) is 0 Å². The summed E-state index contributed by atoms with van der Waals surface area (Å²) in [6, 6.07) is 2.01. The van der Waals surface area contributed by atoms with Gasteiger partial charge >= 0.3 is 0 Å². The lowest BCUT2D eigenvalue weighted by Gasteiger charge is -2.42. The minimum Gasteiger partial charge on any atom is -0.337 e. The molecule has 1 unspecified atom stereocenters. The molecule has 6 heteroatoms. The van der Waals surface area contributed by atoms with Crippen LogP contribution < -0.4 is 5.73 Å². The van der Waals surface area contributed by atoms with Gasteiger partial charge in [-0.3, -0.25) is 9.89 Å². The number of nitrogens with one attached hydrogen (secondary N) is 1. The number of aromatic amines is 1. The second-order valence-corrected chi connectivity index (χ2v) is 6.47. The lowest BCUT2D eigenvalue weighted by molar-refractivity contribution is 0.0527. The number of piperidine rings is 1. The average Bonchev–Trinajstić information content (AvgIpc) is 2.81. The predicted molar refractivity (Wildman–Crippen MR) is 82.2 cm³/mol. The first-order chi connectivity index (χ1) is 8.81. The molecule has 20 heavy (non-hydrogen) atoms. The molecule has 114 valence electrons. The zero-order valence-electron chi connectivity index (χ0n) is 12.6. The zero-order chi connectivity index (χ0) is 14.2. The van der Waals surface area contributed by atoms with Gasteiger partial charge in [-0.2, -0.15) is 5.10 Å². The molecule has 0 spiro atoms. The lowest BCUT2D eigenvalue weighted by atomic mass is 9.79. The van der Waals surface area contributed by atoms with Gasteiger partial charge in [-0.15, -0.1) is 12.4 Å². The maximum Gasteiger partial charge on any atom is 0.274 e. The van der Waals surface area contributed by atoms with Crippen LogP contribution in [-0.4, -0.2) is 40.1 Å². The minimum atomic E-state index is -0.0366. The van der Waals surface area contributed by atoms with Crippen LogP contribution in [0.4, 0.5) is 0 Å². The zero-order valence-corrected chi connectivity index (χ0v) is 13.5. The Morgan fingerprint density at radius 1 is 1.55 bits per heavy atom. The molecule has 0 radical (unpaired) electrons. The van der Waals surface area contributed by atoms with Gasteiger partial charge in [0.25, 0.3) is 5.91 Å². The number of halogens is 1. The SMILES string of the molecule is CC(C)c1cc(C(=O)N2CCC(N)C(C)(C)C2)n[nH]1.Cl. The largest absolute Gasteiger partial charge is 0.337 e. The topological polar surface area (TPSA) is 75.0 Å². The van der Waals surface area contributed by atoms with Crippen molar-refractivity contribution in [3.63, 3.8) is 0 Å². The fraction of sp³-hybridized carbons (Fsp3) is 0.714. The summed E-state index contributed by atoms with van der Waals surface area (Å²) in [5.74, 6) is 0.350. The van der Waals surface area contributed by atoms with Crippen molar-refractivity contribution in [1.29, 1.82) is 0 Å². The van der Waals surface area contributed by atoms with E-state index in [0.29, 0.717) is 24.7 Å². The molecule has 1 fully saturated rings. The third-order valence-electron chi connectivity index (χ3n) is 4.04. The van der Waals surface area contributed by atoms with Crippen LogP contribution in [-0.2, 0) is 0 Å². The van der Waals surface area contributed by atoms with E-state index in [1.807, 2.05) is 11.0 Å². The van der Waals surface area contributed by atoms with Crippen LogP contribution in [0, 0.1) is 5.41 Å². The lowest BCUT2D eigenvalue weighted by Crippen LogP contribution is -2.54. The highest BCUT2D eigenvalue weighted by Gasteiger charge is 2.36. The van der Waals surface area contributed by atoms with Crippen LogP contribution in [0.1, 0.15) is 56.2 Å². The minimum absolute atomic E-state index is 0. The molecule has 5 nitrogen and oxygen atoms in total. The van der Waals surface area contributed by atoms with E-state index in [0.717, 1.165) is 12.1 Å². The molecule has 1 aliphatic rings. The first kappa shape index (κ1) is 17.0. The Kier molecular flexibility index (Phi) is 5.21. The summed E-state index contributed by atoms with van der Waals surface area (Å²) >= 11 is 0. The molecule has 0 bridgehead atoms. The predicted octanol–water partition coefficient (Wildman–Crippen LogP) is 2.15. The van der Waals surface area contributed by atoms with Crippen LogP contribution in [0.5, 0.6) is 0 Å². The molecular formula is C14H25ClN4O. The Labute approximate surface area is 126 Å². The summed E-state index contributed by atoms with van der Waals surface area (Å²) in [7, 11) is 0. The third-order valence-corrected chi connectivity index (χ3v) is 4.04. The van der Waals surface area contributed by atoms with Crippen molar-refractivity contribution in [2.75, 3.05) is 13.1 Å². The third kappa shape index (κ3) is 3.33. The highest BCUT2D eigenvalue weighted by Crippen LogP contribution is 2.28. The summed E-state index contributed by atoms with van der Waals surface area (Å²) in [5, 5.41) is 7.06. The molecule has 1 aliphatic heterocycles. The summed E-state index contributed by atoms with van der Waals surface area (Å²) in [6.45, 7) is 9.78. The molecule has 0 saturated carbocycles. The molecule has 1 aromatic heterocycles. The van der Waals surface area contributed by atoms with E-state index in [1.165, 1.54) is 0 Å². The van der Waals surface area contributed by atoms with E-state index in [-0.39, 0.29) is 29.8 Å². The van der Waals surface area contributed by atoms with E-state index in [9.17, 15) is 4.79 Å². The molecule has 1 atom stereocenters. The standard InChI is InChI=1S/C14H24N4O.ClH/c1-9(2)10-7-11(17-16-10)13(19)18-6-5-12(15)14(3,4)8-18;/h7,9,12H,5-6,8,15H2,1-4H3,(H,16,17);1H. The fourth-order valence-electron chi connectivity index (χ4n) is 2.45. The van der Waals surface area contributed by atoms with Crippen molar-refractivity contribution in [2.45, 2.75) is 46.1 Å². The monoisotopic (exact) mass is 300 g/mol. The molecular weight excluding hydrogens is 276 g/mol. The maximum absolute atomic E-state index is 12.4. The molecule has 2 heterocycles. The summed E-state index contributed by atoms with van der Waals surface area (Å²) < 4.78 is 0. The number of hydrogen-bond acceptors (Lipinski definition) is 3. The average molecular weight is 301 g/mol. The summed E-state index contributed by atoms with van der Waals surface area (Å²) in [6.07, 6.45) is 0.847. The van der Waals surface area contributed by atoms with E-state index in [4.69, 9.17) is 5.73 Å². The van der Waals surface area contributed by atoms with Crippen molar-refractivity contribution in [2.24, 2.45) is 11.1 Å². The molecule has 1 aromatic rings. The van der Waals surface area contributed by atoms with Gasteiger partial charge in [0.1, 0.15) is 5.69 Å². The van der Waals surface area contributed by atoms with Crippen LogP contribution in [0.15, 0.2) is 6.07 Å². The quantitative estimate of drug-likeness (QED) is 0.879. The second kappa shape index (κ2) is 6.14. The number of carbonyl (C=O) groups excluding carboxylic acids is 1. The number of hydrogen-bond donors (Lipinski definition) is 2. The van der Waals surface area contributed by atoms with Crippen LogP contribution >= 0.6 is 12.4 Å². The van der Waals surface area contributed by atoms with Crippen molar-refractivity contribution in [3.8, 4) is 0 Å². The van der Waals surface area contributed by atoms with Gasteiger partial charge < -0.3 is 10.6 Å². The highest BCUT2D eigenvalue weighted by molar-refractivity contribution is 5.92. The van der Waals surface area contributed by atoms with Crippen LogP contribution in [0.2, 0.25) is 0 Å². The van der Waals surface area contributed by atoms with E-state index < -0.39 is 0 Å². The van der Waals surface area contributed by atoms with E-state index in [2.05, 4.69) is 37.9 Å². The van der Waals surface area contributed by atoms with Gasteiger partial charge in [-0.1, -0.05) is 27.7 Å². The number of nitrogens with zero attached hydrogens (tertiary/aromatic N) is 2. The van der Waals surface area contributed by atoms with Gasteiger partial charge in [-0.05, 0) is 23.8 Å². The molecule has 2 rings (SSSR count). The molecule has 1 amide bonds. The number of rotatable bonds is 2.